The molecular formula is C4H9NO2. The van der Waals surface area contributed by atoms with Crippen LogP contribution in [0.5, 0.6) is 0 Å². The molecule has 0 saturated carbocycles. The molecule has 0 amide bonds. The van der Waals surface area contributed by atoms with Crippen molar-refractivity contribution >= 4 is 5.97 Å². The van der Waals surface area contributed by atoms with E-state index in [1.54, 1.807) is 6.92 Å². The van der Waals surface area contributed by atoms with Crippen molar-refractivity contribution in [3.05, 3.63) is 0 Å². The molecule has 0 aromatic rings. The van der Waals surface area contributed by atoms with Crippen LogP contribution in [0.25, 0.3) is 0 Å². The number of ether oxygens (including phenoxy) is 1. The zero-order chi connectivity index (χ0) is 5.70. The summed E-state index contributed by atoms with van der Waals surface area (Å²) in [5, 5.41) is 0. The van der Waals surface area contributed by atoms with Crippen LogP contribution in [0, 0.1) is 0 Å². The first kappa shape index (κ1) is 6.43. The molecule has 7 heavy (non-hydrogen) atoms. The summed E-state index contributed by atoms with van der Waals surface area (Å²) in [6, 6.07) is 0. The van der Waals surface area contributed by atoms with Gasteiger partial charge in [-0.25, -0.2) is 0 Å². The monoisotopic (exact) mass is 103 g/mol. The minimum Gasteiger partial charge on any atom is -0.450 e. The molecule has 0 aliphatic carbocycles. The van der Waals surface area contributed by atoms with E-state index in [-0.39, 0.29) is 12.7 Å². The zero-order valence-electron chi connectivity index (χ0n) is 4.31. The van der Waals surface area contributed by atoms with E-state index >= 15 is 0 Å². The van der Waals surface area contributed by atoms with Crippen LogP contribution in [0.3, 0.4) is 0 Å². The van der Waals surface area contributed by atoms with Crippen molar-refractivity contribution in [3.8, 4) is 0 Å². The molecule has 0 rings (SSSR count). The van der Waals surface area contributed by atoms with Crippen LogP contribution in [-0.2, 0) is 9.53 Å². The Morgan fingerprint density at radius 2 is 2.43 bits per heavy atom. The molecule has 0 heterocycles. The normalized spacial score (nSPS) is 8.29. The minimum absolute atomic E-state index is 0.00727. The molecule has 0 bridgehead atoms. The molecule has 42 valence electrons. The molecule has 0 saturated heterocycles. The zero-order valence-corrected chi connectivity index (χ0v) is 4.31. The van der Waals surface area contributed by atoms with Crippen LogP contribution in [-0.4, -0.2) is 12.7 Å². The van der Waals surface area contributed by atoms with Crippen LogP contribution < -0.4 is 5.73 Å². The highest BCUT2D eigenvalue weighted by atomic mass is 16.5. The maximum atomic E-state index is 10.1. The molecule has 0 unspecified atom stereocenters. The lowest BCUT2D eigenvalue weighted by Crippen LogP contribution is -2.10. The van der Waals surface area contributed by atoms with Crippen LogP contribution in [0.4, 0.5) is 0 Å². The topological polar surface area (TPSA) is 52.3 Å². The van der Waals surface area contributed by atoms with Crippen LogP contribution >= 0.6 is 0 Å². The van der Waals surface area contributed by atoms with E-state index in [1.165, 1.54) is 0 Å². The van der Waals surface area contributed by atoms with Gasteiger partial charge < -0.3 is 4.74 Å². The fourth-order valence-corrected chi connectivity index (χ4v) is 0.195. The first-order valence-corrected chi connectivity index (χ1v) is 2.17. The smallest absolute Gasteiger partial charge is 0.306 e. The third kappa shape index (κ3) is 3.26. The highest BCUT2D eigenvalue weighted by molar-refractivity contribution is 5.68. The van der Waals surface area contributed by atoms with Crippen molar-refractivity contribution in [3.63, 3.8) is 0 Å². The largest absolute Gasteiger partial charge is 0.450 e. The second-order valence-corrected chi connectivity index (χ2v) is 1.04. The third-order valence-corrected chi connectivity index (χ3v) is 0.533. The summed E-state index contributed by atoms with van der Waals surface area (Å²) in [6.45, 7) is 1.71. The average molecular weight is 103 g/mol. The Labute approximate surface area is 42.4 Å². The van der Waals surface area contributed by atoms with Crippen LogP contribution in [0.15, 0.2) is 0 Å². The number of esters is 1. The van der Waals surface area contributed by atoms with Crippen molar-refractivity contribution in [1.82, 2.24) is 0 Å². The van der Waals surface area contributed by atoms with Crippen LogP contribution in [0.1, 0.15) is 13.3 Å². The van der Waals surface area contributed by atoms with Crippen LogP contribution in [0.2, 0.25) is 0 Å². The van der Waals surface area contributed by atoms with Gasteiger partial charge in [-0.2, -0.15) is 0 Å². The molecule has 0 spiro atoms. The molecule has 0 fully saturated rings. The minimum atomic E-state index is -0.248. The van der Waals surface area contributed by atoms with E-state index in [0.29, 0.717) is 6.42 Å². The van der Waals surface area contributed by atoms with Gasteiger partial charge in [-0.3, -0.25) is 10.5 Å². The van der Waals surface area contributed by atoms with Crippen molar-refractivity contribution in [2.75, 3.05) is 6.73 Å². The van der Waals surface area contributed by atoms with Crippen molar-refractivity contribution < 1.29 is 9.53 Å². The molecule has 0 aromatic heterocycles. The Kier molecular flexibility index (Phi) is 3.32. The molecule has 0 aromatic carbocycles. The van der Waals surface area contributed by atoms with Gasteiger partial charge in [0.25, 0.3) is 0 Å². The Bertz CT molecular complexity index is 62.7. The van der Waals surface area contributed by atoms with Gasteiger partial charge in [0.05, 0.1) is 0 Å². The Balaban J connectivity index is 3.00. The first-order valence-electron chi connectivity index (χ1n) is 2.17. The molecule has 0 atom stereocenters. The quantitative estimate of drug-likeness (QED) is 0.391. The van der Waals surface area contributed by atoms with E-state index in [9.17, 15) is 4.79 Å². The lowest BCUT2D eigenvalue weighted by molar-refractivity contribution is -0.142. The summed E-state index contributed by atoms with van der Waals surface area (Å²) >= 11 is 0. The average Bonchev–Trinajstić information content (AvgIpc) is 1.68. The summed E-state index contributed by atoms with van der Waals surface area (Å²) in [5.41, 5.74) is 4.86. The maximum Gasteiger partial charge on any atom is 0.306 e. The first-order chi connectivity index (χ1) is 3.31. The van der Waals surface area contributed by atoms with Crippen molar-refractivity contribution in [1.29, 1.82) is 0 Å². The highest BCUT2D eigenvalue weighted by Crippen LogP contribution is 1.78. The maximum absolute atomic E-state index is 10.1. The molecule has 0 aliphatic rings. The summed E-state index contributed by atoms with van der Waals surface area (Å²) in [5.74, 6) is -0.248. The van der Waals surface area contributed by atoms with Gasteiger partial charge >= 0.3 is 5.97 Å². The molecule has 0 aliphatic heterocycles. The predicted octanol–water partition coefficient (Wildman–Crippen LogP) is -0.144. The fourth-order valence-electron chi connectivity index (χ4n) is 0.195. The van der Waals surface area contributed by atoms with Gasteiger partial charge in [0.2, 0.25) is 0 Å². The van der Waals surface area contributed by atoms with E-state index in [2.05, 4.69) is 4.74 Å². The Morgan fingerprint density at radius 1 is 1.86 bits per heavy atom. The Morgan fingerprint density at radius 3 is 2.57 bits per heavy atom. The van der Waals surface area contributed by atoms with Gasteiger partial charge in [-0.1, -0.05) is 6.92 Å². The summed E-state index contributed by atoms with van der Waals surface area (Å²) in [7, 11) is 0. The summed E-state index contributed by atoms with van der Waals surface area (Å²) in [6.07, 6.45) is 0.400. The third-order valence-electron chi connectivity index (χ3n) is 0.533. The fraction of sp³-hybridized carbons (Fsp3) is 0.750. The van der Waals surface area contributed by atoms with Gasteiger partial charge in [0.15, 0.2) is 0 Å². The predicted molar refractivity (Wildman–Crippen MR) is 25.4 cm³/mol. The number of hydrogen-bond donors (Lipinski definition) is 1. The lowest BCUT2D eigenvalue weighted by Gasteiger charge is -1.93. The van der Waals surface area contributed by atoms with Gasteiger partial charge in [-0.05, 0) is 0 Å². The number of carbonyl (C=O) groups is 1. The summed E-state index contributed by atoms with van der Waals surface area (Å²) in [4.78, 5) is 10.1. The number of hydrogen-bond acceptors (Lipinski definition) is 3. The van der Waals surface area contributed by atoms with Gasteiger partial charge in [0.1, 0.15) is 6.73 Å². The number of carbonyl (C=O) groups excluding carboxylic acids is 1. The standard InChI is InChI=1S/C4H9NO2/c1-2-4(6)7-3-5/h2-3,5H2,1H3. The number of nitrogens with two attached hydrogens (primary N) is 1. The molecule has 2 N–H and O–H groups in total. The molecular weight excluding hydrogens is 94.0 g/mol. The van der Waals surface area contributed by atoms with Crippen molar-refractivity contribution in [2.45, 2.75) is 13.3 Å². The molecule has 3 heteroatoms. The van der Waals surface area contributed by atoms with E-state index in [0.717, 1.165) is 0 Å². The highest BCUT2D eigenvalue weighted by Gasteiger charge is 1.91. The van der Waals surface area contributed by atoms with Gasteiger partial charge in [-0.15, -0.1) is 0 Å². The lowest BCUT2D eigenvalue weighted by atomic mass is 10.5. The van der Waals surface area contributed by atoms with E-state index < -0.39 is 0 Å². The Hall–Kier alpha value is -0.570. The molecule has 3 nitrogen and oxygen atoms in total. The second kappa shape index (κ2) is 3.61. The molecule has 0 radical (unpaired) electrons. The SMILES string of the molecule is CCC(=O)OCN. The van der Waals surface area contributed by atoms with Gasteiger partial charge in [0, 0.05) is 6.42 Å². The number of rotatable bonds is 2. The second-order valence-electron chi connectivity index (χ2n) is 1.04. The summed E-state index contributed by atoms with van der Waals surface area (Å²) < 4.78 is 4.33. The van der Waals surface area contributed by atoms with Crippen molar-refractivity contribution in [2.24, 2.45) is 5.73 Å². The van der Waals surface area contributed by atoms with E-state index in [1.807, 2.05) is 0 Å². The van der Waals surface area contributed by atoms with E-state index in [4.69, 9.17) is 5.73 Å².